The summed E-state index contributed by atoms with van der Waals surface area (Å²) in [6, 6.07) is 9.68. The van der Waals surface area contributed by atoms with Crippen molar-refractivity contribution in [1.29, 1.82) is 0 Å². The second-order valence-electron chi connectivity index (χ2n) is 5.88. The van der Waals surface area contributed by atoms with E-state index in [1.54, 1.807) is 23.3 Å². The van der Waals surface area contributed by atoms with E-state index in [0.29, 0.717) is 5.69 Å². The molecule has 0 amide bonds. The maximum absolute atomic E-state index is 12.5. The number of rotatable bonds is 4. The van der Waals surface area contributed by atoms with Gasteiger partial charge in [0.05, 0.1) is 19.8 Å². The number of esters is 2. The molecule has 1 aromatic carbocycles. The van der Waals surface area contributed by atoms with Gasteiger partial charge in [-0.15, -0.1) is 0 Å². The van der Waals surface area contributed by atoms with Crippen molar-refractivity contribution in [2.24, 2.45) is 0 Å². The first kappa shape index (κ1) is 18.3. The Bertz CT molecular complexity index is 953. The van der Waals surface area contributed by atoms with Crippen LogP contribution in [0.25, 0.3) is 5.69 Å². The SMILES string of the molecule is COC(=O)C1=C(C(=O)OC)N(c2ccc(C)c(-n3cccc3)c2)C=CC=C1. The zero-order chi connectivity index (χ0) is 19.4. The fourth-order valence-corrected chi connectivity index (χ4v) is 2.89. The van der Waals surface area contributed by atoms with Crippen molar-refractivity contribution in [2.45, 2.75) is 6.92 Å². The highest BCUT2D eigenvalue weighted by atomic mass is 16.5. The molecule has 2 aromatic rings. The quantitative estimate of drug-likeness (QED) is 0.779. The second-order valence-corrected chi connectivity index (χ2v) is 5.88. The fraction of sp³-hybridized carbons (Fsp3) is 0.143. The van der Waals surface area contributed by atoms with Gasteiger partial charge in [-0.05, 0) is 48.9 Å². The summed E-state index contributed by atoms with van der Waals surface area (Å²) < 4.78 is 11.8. The molecule has 1 aliphatic heterocycles. The van der Waals surface area contributed by atoms with Crippen molar-refractivity contribution in [3.8, 4) is 5.69 Å². The van der Waals surface area contributed by atoms with Crippen molar-refractivity contribution in [3.05, 3.63) is 84.0 Å². The molecule has 0 saturated heterocycles. The molecule has 0 fully saturated rings. The van der Waals surface area contributed by atoms with Gasteiger partial charge in [-0.2, -0.15) is 0 Å². The minimum atomic E-state index is -0.630. The highest BCUT2D eigenvalue weighted by Crippen LogP contribution is 2.29. The third-order valence-electron chi connectivity index (χ3n) is 4.24. The normalized spacial score (nSPS) is 13.5. The first-order chi connectivity index (χ1) is 13.1. The molecule has 6 heteroatoms. The number of benzene rings is 1. The molecule has 6 nitrogen and oxygen atoms in total. The summed E-state index contributed by atoms with van der Waals surface area (Å²) in [4.78, 5) is 26.4. The van der Waals surface area contributed by atoms with Crippen LogP contribution in [0.2, 0.25) is 0 Å². The third-order valence-corrected chi connectivity index (χ3v) is 4.24. The standard InChI is InChI=1S/C21H20N2O4/c1-15-9-10-16(14-18(15)22-11-6-7-12-22)23-13-5-4-8-17(20(24)26-2)19(23)21(25)27-3/h4-14H,1-3H3. The lowest BCUT2D eigenvalue weighted by molar-refractivity contribution is -0.139. The Labute approximate surface area is 157 Å². The van der Waals surface area contributed by atoms with E-state index in [0.717, 1.165) is 11.3 Å². The first-order valence-electron chi connectivity index (χ1n) is 8.36. The second kappa shape index (κ2) is 7.78. The fourth-order valence-electron chi connectivity index (χ4n) is 2.89. The van der Waals surface area contributed by atoms with Crippen molar-refractivity contribution in [1.82, 2.24) is 4.57 Å². The molecule has 0 radical (unpaired) electrons. The summed E-state index contributed by atoms with van der Waals surface area (Å²) in [5, 5.41) is 0. The molecular formula is C21H20N2O4. The van der Waals surface area contributed by atoms with Gasteiger partial charge in [-0.3, -0.25) is 0 Å². The summed E-state index contributed by atoms with van der Waals surface area (Å²) in [5.74, 6) is -1.24. The molecule has 138 valence electrons. The smallest absolute Gasteiger partial charge is 0.355 e. The lowest BCUT2D eigenvalue weighted by Crippen LogP contribution is -2.27. The summed E-state index contributed by atoms with van der Waals surface area (Å²) >= 11 is 0. The molecular weight excluding hydrogens is 344 g/mol. The van der Waals surface area contributed by atoms with Gasteiger partial charge >= 0.3 is 11.9 Å². The Balaban J connectivity index is 2.18. The number of methoxy groups -OCH3 is 2. The van der Waals surface area contributed by atoms with Crippen LogP contribution in [0.3, 0.4) is 0 Å². The topological polar surface area (TPSA) is 60.8 Å². The van der Waals surface area contributed by atoms with Crippen LogP contribution >= 0.6 is 0 Å². The number of ether oxygens (including phenoxy) is 2. The van der Waals surface area contributed by atoms with Crippen molar-refractivity contribution in [2.75, 3.05) is 19.1 Å². The Hall–Kier alpha value is -3.54. The van der Waals surface area contributed by atoms with Crippen LogP contribution in [0, 0.1) is 6.92 Å². The van der Waals surface area contributed by atoms with Gasteiger partial charge in [0.1, 0.15) is 5.70 Å². The van der Waals surface area contributed by atoms with Crippen molar-refractivity contribution in [3.63, 3.8) is 0 Å². The molecule has 1 aliphatic rings. The summed E-state index contributed by atoms with van der Waals surface area (Å²) in [5.41, 5.74) is 2.97. The molecule has 0 N–H and O–H groups in total. The van der Waals surface area contributed by atoms with Crippen molar-refractivity contribution < 1.29 is 19.1 Å². The van der Waals surface area contributed by atoms with Gasteiger partial charge < -0.3 is 18.9 Å². The largest absolute Gasteiger partial charge is 0.465 e. The van der Waals surface area contributed by atoms with E-state index < -0.39 is 11.9 Å². The van der Waals surface area contributed by atoms with E-state index in [1.165, 1.54) is 20.3 Å². The van der Waals surface area contributed by atoms with Gasteiger partial charge in [-0.25, -0.2) is 9.59 Å². The van der Waals surface area contributed by atoms with Crippen LogP contribution in [0.5, 0.6) is 0 Å². The predicted octanol–water partition coefficient (Wildman–Crippen LogP) is 3.28. The highest BCUT2D eigenvalue weighted by Gasteiger charge is 2.27. The number of aryl methyl sites for hydroxylation is 1. The van der Waals surface area contributed by atoms with Crippen LogP contribution in [0.4, 0.5) is 5.69 Å². The molecule has 0 unspecified atom stereocenters. The van der Waals surface area contributed by atoms with Gasteiger partial charge in [0.2, 0.25) is 0 Å². The minimum absolute atomic E-state index is 0.0941. The lowest BCUT2D eigenvalue weighted by Gasteiger charge is -2.24. The molecule has 27 heavy (non-hydrogen) atoms. The number of anilines is 1. The average Bonchev–Trinajstić information content (AvgIpc) is 3.13. The van der Waals surface area contributed by atoms with Crippen molar-refractivity contribution >= 4 is 17.6 Å². The van der Waals surface area contributed by atoms with E-state index >= 15 is 0 Å². The number of carbonyl (C=O) groups excluding carboxylic acids is 2. The Morgan fingerprint density at radius 3 is 2.33 bits per heavy atom. The van der Waals surface area contributed by atoms with E-state index in [-0.39, 0.29) is 11.3 Å². The van der Waals surface area contributed by atoms with Gasteiger partial charge in [0.25, 0.3) is 0 Å². The van der Waals surface area contributed by atoms with E-state index in [1.807, 2.05) is 54.2 Å². The number of hydrogen-bond acceptors (Lipinski definition) is 5. The zero-order valence-corrected chi connectivity index (χ0v) is 15.4. The number of hydrogen-bond donors (Lipinski definition) is 0. The summed E-state index contributed by atoms with van der Waals surface area (Å²) in [6.45, 7) is 2.01. The van der Waals surface area contributed by atoms with E-state index in [4.69, 9.17) is 9.47 Å². The Kier molecular flexibility index (Phi) is 5.26. The molecule has 2 heterocycles. The summed E-state index contributed by atoms with van der Waals surface area (Å²) in [7, 11) is 2.55. The van der Waals surface area contributed by atoms with Crippen LogP contribution in [-0.4, -0.2) is 30.7 Å². The molecule has 0 spiro atoms. The first-order valence-corrected chi connectivity index (χ1v) is 8.36. The maximum atomic E-state index is 12.5. The Morgan fingerprint density at radius 2 is 1.67 bits per heavy atom. The number of carbonyl (C=O) groups is 2. The predicted molar refractivity (Wildman–Crippen MR) is 102 cm³/mol. The molecule has 0 saturated carbocycles. The summed E-state index contributed by atoms with van der Waals surface area (Å²) in [6.07, 6.45) is 10.6. The lowest BCUT2D eigenvalue weighted by atomic mass is 10.1. The van der Waals surface area contributed by atoms with Crippen LogP contribution in [0.15, 0.2) is 78.4 Å². The molecule has 0 bridgehead atoms. The average molecular weight is 364 g/mol. The van der Waals surface area contributed by atoms with Crippen LogP contribution < -0.4 is 4.90 Å². The Morgan fingerprint density at radius 1 is 0.963 bits per heavy atom. The van der Waals surface area contributed by atoms with Gasteiger partial charge in [0.15, 0.2) is 0 Å². The van der Waals surface area contributed by atoms with Gasteiger partial charge in [0, 0.05) is 30.0 Å². The number of allylic oxidation sites excluding steroid dienone is 2. The van der Waals surface area contributed by atoms with Crippen LogP contribution in [-0.2, 0) is 19.1 Å². The highest BCUT2D eigenvalue weighted by molar-refractivity contribution is 6.05. The zero-order valence-electron chi connectivity index (χ0n) is 15.4. The molecule has 0 atom stereocenters. The number of nitrogens with zero attached hydrogens (tertiary/aromatic N) is 2. The molecule has 1 aromatic heterocycles. The molecule has 3 rings (SSSR count). The van der Waals surface area contributed by atoms with E-state index in [2.05, 4.69) is 0 Å². The van der Waals surface area contributed by atoms with Crippen LogP contribution in [0.1, 0.15) is 5.56 Å². The third kappa shape index (κ3) is 3.55. The maximum Gasteiger partial charge on any atom is 0.355 e. The number of aromatic nitrogens is 1. The van der Waals surface area contributed by atoms with Gasteiger partial charge in [-0.1, -0.05) is 12.1 Å². The molecule has 0 aliphatic carbocycles. The minimum Gasteiger partial charge on any atom is -0.465 e. The monoisotopic (exact) mass is 364 g/mol. The van der Waals surface area contributed by atoms with E-state index in [9.17, 15) is 9.59 Å².